The molecular formula is C13H15NS. The number of nitrogens with zero attached hydrogens (tertiary/aromatic N) is 1. The second-order valence-electron chi connectivity index (χ2n) is 3.63. The first kappa shape index (κ1) is 10.4. The van der Waals surface area contributed by atoms with E-state index in [0.29, 0.717) is 0 Å². The number of aryl methyl sites for hydroxylation is 2. The standard InChI is InChI=1S/C13H15NS/c1-3-12-10(2)15-13(14-12)9-11-7-5-4-6-8-11/h4-8H,3,9H2,1-2H3. The number of aromatic nitrogens is 1. The average molecular weight is 217 g/mol. The summed E-state index contributed by atoms with van der Waals surface area (Å²) in [6.07, 6.45) is 2.00. The lowest BCUT2D eigenvalue weighted by atomic mass is 10.2. The summed E-state index contributed by atoms with van der Waals surface area (Å²) in [5, 5.41) is 1.23. The van der Waals surface area contributed by atoms with Gasteiger partial charge in [-0.2, -0.15) is 0 Å². The largest absolute Gasteiger partial charge is 0.246 e. The summed E-state index contributed by atoms with van der Waals surface area (Å²) in [6, 6.07) is 10.5. The maximum absolute atomic E-state index is 4.64. The molecule has 15 heavy (non-hydrogen) atoms. The Morgan fingerprint density at radius 1 is 1.20 bits per heavy atom. The van der Waals surface area contributed by atoms with Crippen LogP contribution in [0.4, 0.5) is 0 Å². The van der Waals surface area contributed by atoms with Gasteiger partial charge in [0.15, 0.2) is 0 Å². The van der Waals surface area contributed by atoms with Gasteiger partial charge in [-0.15, -0.1) is 11.3 Å². The van der Waals surface area contributed by atoms with E-state index in [9.17, 15) is 0 Å². The molecule has 78 valence electrons. The van der Waals surface area contributed by atoms with Crippen molar-refractivity contribution in [2.24, 2.45) is 0 Å². The zero-order valence-electron chi connectivity index (χ0n) is 9.16. The number of rotatable bonds is 3. The lowest BCUT2D eigenvalue weighted by molar-refractivity contribution is 1.01. The monoisotopic (exact) mass is 217 g/mol. The number of hydrogen-bond donors (Lipinski definition) is 0. The normalized spacial score (nSPS) is 10.5. The summed E-state index contributed by atoms with van der Waals surface area (Å²) in [5.41, 5.74) is 2.60. The minimum atomic E-state index is 0.965. The Kier molecular flexibility index (Phi) is 3.17. The van der Waals surface area contributed by atoms with E-state index in [-0.39, 0.29) is 0 Å². The van der Waals surface area contributed by atoms with E-state index < -0.39 is 0 Å². The topological polar surface area (TPSA) is 12.9 Å². The van der Waals surface area contributed by atoms with Gasteiger partial charge >= 0.3 is 0 Å². The molecule has 0 unspecified atom stereocenters. The van der Waals surface area contributed by atoms with Gasteiger partial charge in [-0.05, 0) is 18.9 Å². The summed E-state index contributed by atoms with van der Waals surface area (Å²) < 4.78 is 0. The van der Waals surface area contributed by atoms with Crippen LogP contribution < -0.4 is 0 Å². The zero-order valence-corrected chi connectivity index (χ0v) is 9.97. The molecule has 0 radical (unpaired) electrons. The smallest absolute Gasteiger partial charge is 0.0974 e. The molecule has 2 aromatic rings. The van der Waals surface area contributed by atoms with Crippen molar-refractivity contribution in [2.75, 3.05) is 0 Å². The lowest BCUT2D eigenvalue weighted by Gasteiger charge is -1.95. The van der Waals surface area contributed by atoms with Gasteiger partial charge in [0.25, 0.3) is 0 Å². The predicted octanol–water partition coefficient (Wildman–Crippen LogP) is 3.60. The maximum atomic E-state index is 4.64. The van der Waals surface area contributed by atoms with Crippen LogP contribution in [0, 0.1) is 6.92 Å². The third-order valence-corrected chi connectivity index (χ3v) is 3.48. The molecule has 0 aliphatic heterocycles. The van der Waals surface area contributed by atoms with E-state index in [1.54, 1.807) is 0 Å². The van der Waals surface area contributed by atoms with Gasteiger partial charge in [-0.1, -0.05) is 37.3 Å². The van der Waals surface area contributed by atoms with Crippen LogP contribution >= 0.6 is 11.3 Å². The molecule has 0 amide bonds. The summed E-state index contributed by atoms with van der Waals surface area (Å²) in [4.78, 5) is 6.01. The number of benzene rings is 1. The molecule has 0 fully saturated rings. The van der Waals surface area contributed by atoms with Crippen molar-refractivity contribution in [2.45, 2.75) is 26.7 Å². The molecule has 0 atom stereocenters. The maximum Gasteiger partial charge on any atom is 0.0974 e. The first-order valence-electron chi connectivity index (χ1n) is 5.28. The fourth-order valence-corrected chi connectivity index (χ4v) is 2.72. The van der Waals surface area contributed by atoms with Crippen LogP contribution in [0.5, 0.6) is 0 Å². The van der Waals surface area contributed by atoms with Crippen molar-refractivity contribution in [1.29, 1.82) is 0 Å². The summed E-state index contributed by atoms with van der Waals surface area (Å²) in [5.74, 6) is 0. The van der Waals surface area contributed by atoms with Gasteiger partial charge in [-0.25, -0.2) is 4.98 Å². The highest BCUT2D eigenvalue weighted by Crippen LogP contribution is 2.20. The van der Waals surface area contributed by atoms with Gasteiger partial charge in [0, 0.05) is 11.3 Å². The van der Waals surface area contributed by atoms with Gasteiger partial charge in [0.05, 0.1) is 10.7 Å². The number of thiazole rings is 1. The second kappa shape index (κ2) is 4.58. The van der Waals surface area contributed by atoms with Gasteiger partial charge < -0.3 is 0 Å². The Morgan fingerprint density at radius 2 is 1.93 bits per heavy atom. The zero-order chi connectivity index (χ0) is 10.7. The Morgan fingerprint density at radius 3 is 2.53 bits per heavy atom. The first-order valence-corrected chi connectivity index (χ1v) is 6.10. The highest BCUT2D eigenvalue weighted by atomic mass is 32.1. The van der Waals surface area contributed by atoms with Crippen LogP contribution in [0.3, 0.4) is 0 Å². The molecule has 0 saturated carbocycles. The molecular weight excluding hydrogens is 202 g/mol. The minimum absolute atomic E-state index is 0.965. The van der Waals surface area contributed by atoms with E-state index >= 15 is 0 Å². The molecule has 1 aromatic heterocycles. The third-order valence-electron chi connectivity index (χ3n) is 2.47. The van der Waals surface area contributed by atoms with Gasteiger partial charge in [0.2, 0.25) is 0 Å². The fraction of sp³-hybridized carbons (Fsp3) is 0.308. The van der Waals surface area contributed by atoms with Crippen molar-refractivity contribution < 1.29 is 0 Å². The van der Waals surface area contributed by atoms with E-state index in [0.717, 1.165) is 12.8 Å². The molecule has 0 N–H and O–H groups in total. The predicted molar refractivity (Wildman–Crippen MR) is 65.5 cm³/mol. The Balaban J connectivity index is 2.18. The summed E-state index contributed by atoms with van der Waals surface area (Å²) in [6.45, 7) is 4.32. The van der Waals surface area contributed by atoms with Crippen molar-refractivity contribution >= 4 is 11.3 Å². The SMILES string of the molecule is CCc1nc(Cc2ccccc2)sc1C. The molecule has 0 aliphatic rings. The molecule has 1 aromatic carbocycles. The van der Waals surface area contributed by atoms with Gasteiger partial charge in [0.1, 0.15) is 0 Å². The number of hydrogen-bond acceptors (Lipinski definition) is 2. The van der Waals surface area contributed by atoms with Crippen molar-refractivity contribution in [1.82, 2.24) is 4.98 Å². The van der Waals surface area contributed by atoms with Crippen molar-refractivity contribution in [3.63, 3.8) is 0 Å². The summed E-state index contributed by atoms with van der Waals surface area (Å²) in [7, 11) is 0. The Labute approximate surface area is 94.8 Å². The first-order chi connectivity index (χ1) is 7.29. The quantitative estimate of drug-likeness (QED) is 0.765. The minimum Gasteiger partial charge on any atom is -0.246 e. The Hall–Kier alpha value is -1.15. The van der Waals surface area contributed by atoms with Crippen molar-refractivity contribution in [3.05, 3.63) is 51.5 Å². The molecule has 2 rings (SSSR count). The van der Waals surface area contributed by atoms with E-state index in [1.165, 1.54) is 21.1 Å². The van der Waals surface area contributed by atoms with Crippen molar-refractivity contribution in [3.8, 4) is 0 Å². The summed E-state index contributed by atoms with van der Waals surface area (Å²) >= 11 is 1.82. The second-order valence-corrected chi connectivity index (χ2v) is 4.91. The molecule has 0 saturated heterocycles. The molecule has 1 nitrogen and oxygen atoms in total. The van der Waals surface area contributed by atoms with Crippen LogP contribution in [0.2, 0.25) is 0 Å². The van der Waals surface area contributed by atoms with E-state index in [4.69, 9.17) is 0 Å². The molecule has 0 spiro atoms. The molecule has 0 bridgehead atoms. The molecule has 2 heteroatoms. The lowest BCUT2D eigenvalue weighted by Crippen LogP contribution is -1.88. The van der Waals surface area contributed by atoms with Crippen LogP contribution in [0.1, 0.15) is 28.1 Å². The van der Waals surface area contributed by atoms with Gasteiger partial charge in [-0.3, -0.25) is 0 Å². The molecule has 0 aliphatic carbocycles. The third kappa shape index (κ3) is 2.45. The average Bonchev–Trinajstić information content (AvgIpc) is 2.60. The highest BCUT2D eigenvalue weighted by Gasteiger charge is 2.05. The Bertz CT molecular complexity index is 431. The van der Waals surface area contributed by atoms with E-state index in [2.05, 4.69) is 43.1 Å². The van der Waals surface area contributed by atoms with Crippen LogP contribution in [0.25, 0.3) is 0 Å². The van der Waals surface area contributed by atoms with Crippen LogP contribution in [-0.2, 0) is 12.8 Å². The van der Waals surface area contributed by atoms with Crippen LogP contribution in [0.15, 0.2) is 30.3 Å². The highest BCUT2D eigenvalue weighted by molar-refractivity contribution is 7.11. The fourth-order valence-electron chi connectivity index (χ4n) is 1.66. The van der Waals surface area contributed by atoms with E-state index in [1.807, 2.05) is 17.4 Å². The molecule has 1 heterocycles. The van der Waals surface area contributed by atoms with Crippen LogP contribution in [-0.4, -0.2) is 4.98 Å².